The molecule has 2 atom stereocenters. The first-order chi connectivity index (χ1) is 4.22. The summed E-state index contributed by atoms with van der Waals surface area (Å²) in [4.78, 5) is 0. The molecule has 1 nitrogen and oxygen atoms in total. The maximum atomic E-state index is 4.97. The van der Waals surface area contributed by atoms with Crippen LogP contribution in [0.2, 0.25) is 0 Å². The molecule has 0 aromatic rings. The molecule has 2 unspecified atom stereocenters. The summed E-state index contributed by atoms with van der Waals surface area (Å²) in [6.07, 6.45) is -0.365. The van der Waals surface area contributed by atoms with Gasteiger partial charge in [0, 0.05) is 0 Å². The predicted molar refractivity (Wildman–Crippen MR) is 63.5 cm³/mol. The van der Waals surface area contributed by atoms with Gasteiger partial charge in [-0.05, 0) is 0 Å². The van der Waals surface area contributed by atoms with Gasteiger partial charge in [0.1, 0.15) is 0 Å². The van der Waals surface area contributed by atoms with Crippen LogP contribution in [-0.2, 0) is 2.85 Å². The van der Waals surface area contributed by atoms with Gasteiger partial charge in [0.25, 0.3) is 0 Å². The molecule has 0 aliphatic heterocycles. The fourth-order valence-corrected chi connectivity index (χ4v) is 19.4. The molecular formula is IOP7. The predicted octanol–water partition coefficient (Wildman–Crippen LogP) is 6.85. The van der Waals surface area contributed by atoms with Gasteiger partial charge in [0.05, 0.1) is 0 Å². The topological polar surface area (TPSA) is 9.23 Å². The van der Waals surface area contributed by atoms with Gasteiger partial charge in [-0.3, -0.25) is 0 Å². The monoisotopic (exact) mass is 360 g/mol. The second-order valence-electron chi connectivity index (χ2n) is 0.769. The number of hydrogen-bond donors (Lipinski definition) is 0. The van der Waals surface area contributed by atoms with E-state index >= 15 is 0 Å². The van der Waals surface area contributed by atoms with Crippen LogP contribution in [0.3, 0.4) is 0 Å². The molecule has 0 spiro atoms. The van der Waals surface area contributed by atoms with E-state index in [1.165, 1.54) is 7.56 Å². The van der Waals surface area contributed by atoms with E-state index in [-0.39, 0.29) is 6.40 Å². The first-order valence-electron chi connectivity index (χ1n) is 1.54. The quantitative estimate of drug-likeness (QED) is 0.339. The Balaban J connectivity index is 4.24. The minimum atomic E-state index is -0.604. The third-order valence-corrected chi connectivity index (χ3v) is 21.9. The van der Waals surface area contributed by atoms with Crippen LogP contribution in [-0.4, -0.2) is 0 Å². The van der Waals surface area contributed by atoms with Crippen LogP contribution in [0.4, 0.5) is 0 Å². The molecule has 0 amide bonds. The molecular weight excluding hydrogens is 360 g/mol. The summed E-state index contributed by atoms with van der Waals surface area (Å²) in [5.74, 6) is 0. The van der Waals surface area contributed by atoms with E-state index in [4.69, 9.17) is 2.85 Å². The van der Waals surface area contributed by atoms with Crippen LogP contribution in [0, 0.1) is 0 Å². The van der Waals surface area contributed by atoms with Gasteiger partial charge < -0.3 is 0 Å². The van der Waals surface area contributed by atoms with Crippen molar-refractivity contribution < 1.29 is 2.85 Å². The summed E-state index contributed by atoms with van der Waals surface area (Å²) < 4.78 is 4.97. The van der Waals surface area contributed by atoms with E-state index < -0.39 is 6.94 Å². The summed E-state index contributed by atoms with van der Waals surface area (Å²) >= 11 is 1.86. The van der Waals surface area contributed by atoms with Crippen molar-refractivity contribution in [3.63, 3.8) is 0 Å². The number of rotatable bonds is 0. The van der Waals surface area contributed by atoms with Crippen molar-refractivity contribution in [2.45, 2.75) is 0 Å². The Labute approximate surface area is 78.3 Å². The molecule has 0 aromatic heterocycles. The fraction of sp³-hybridized carbons (Fsp3) is 0. The molecule has 0 saturated carbocycles. The van der Waals surface area contributed by atoms with E-state index in [1.807, 2.05) is 23.0 Å². The second-order valence-corrected chi connectivity index (χ2v) is 17.3. The van der Waals surface area contributed by atoms with Gasteiger partial charge in [-0.15, -0.1) is 0 Å². The van der Waals surface area contributed by atoms with Gasteiger partial charge in [0.2, 0.25) is 0 Å². The zero-order chi connectivity index (χ0) is 7.28. The van der Waals surface area contributed by atoms with Crippen LogP contribution in [0.15, 0.2) is 0 Å². The van der Waals surface area contributed by atoms with Crippen LogP contribution < -0.4 is 0 Å². The molecule has 9 heavy (non-hydrogen) atoms. The Morgan fingerprint density at radius 1 is 1.44 bits per heavy atom. The van der Waals surface area contributed by atoms with E-state index in [1.54, 1.807) is 0 Å². The molecule has 48 valence electrons. The molecule has 0 radical (unpaired) electrons. The molecule has 0 saturated heterocycles. The van der Waals surface area contributed by atoms with Crippen molar-refractivity contribution in [3.05, 3.63) is 0 Å². The average molecular weight is 360 g/mol. The molecule has 0 aliphatic carbocycles. The fourth-order valence-electron chi connectivity index (χ4n) is 0.0976. The van der Waals surface area contributed by atoms with Crippen molar-refractivity contribution in [2.24, 2.45) is 0 Å². The van der Waals surface area contributed by atoms with Crippen LogP contribution in [0.1, 0.15) is 0 Å². The Hall–Kier alpha value is 3.31. The molecule has 0 fully saturated rings. The van der Waals surface area contributed by atoms with E-state index in [2.05, 4.69) is 25.0 Å². The normalized spacial score (nSPS) is 12.7. The summed E-state index contributed by atoms with van der Waals surface area (Å²) in [7, 11) is 13.8. The SMILES string of the molecule is P#P=PP(#P)P(#P)OI. The van der Waals surface area contributed by atoms with Gasteiger partial charge >= 0.3 is 78.8 Å². The van der Waals surface area contributed by atoms with Crippen molar-refractivity contribution in [1.82, 2.24) is 0 Å². The third kappa shape index (κ3) is 6.47. The second kappa shape index (κ2) is 7.93. The van der Waals surface area contributed by atoms with Crippen LogP contribution in [0.25, 0.3) is 0 Å². The first kappa shape index (κ1) is 12.3. The Kier molecular flexibility index (Phi) is 10.9. The van der Waals surface area contributed by atoms with E-state index in [0.29, 0.717) is 0 Å². The number of hydrogen-bond acceptors (Lipinski definition) is 1. The van der Waals surface area contributed by atoms with Gasteiger partial charge in [-0.2, -0.15) is 0 Å². The number of halogens is 1. The molecule has 0 N–H and O–H groups in total. The van der Waals surface area contributed by atoms with Crippen molar-refractivity contribution >= 4 is 75.9 Å². The van der Waals surface area contributed by atoms with Gasteiger partial charge in [-0.25, -0.2) is 0 Å². The zero-order valence-electron chi connectivity index (χ0n) is 3.92. The molecule has 9 heteroatoms. The standard InChI is InChI=1S/IOP7/c1-2-8(4)9(5)7-6-3. The molecule has 0 bridgehead atoms. The zero-order valence-corrected chi connectivity index (χ0v) is 12.3. The molecule has 0 aromatic carbocycles. The Bertz CT molecular complexity index is 291. The van der Waals surface area contributed by atoms with E-state index in [9.17, 15) is 0 Å². The summed E-state index contributed by atoms with van der Waals surface area (Å²) in [5.41, 5.74) is 0. The Morgan fingerprint density at radius 2 is 2.00 bits per heavy atom. The van der Waals surface area contributed by atoms with E-state index in [0.717, 1.165) is 6.97 Å². The van der Waals surface area contributed by atoms with Gasteiger partial charge in [0.15, 0.2) is 0 Å². The average Bonchev–Trinajstić information content (AvgIpc) is 1.87. The molecule has 0 heterocycles. The van der Waals surface area contributed by atoms with Crippen molar-refractivity contribution in [3.8, 4) is 0 Å². The maximum absolute atomic E-state index is 4.97. The molecule has 0 aliphatic rings. The van der Waals surface area contributed by atoms with Crippen LogP contribution >= 0.6 is 75.9 Å². The minimum absolute atomic E-state index is 0.365. The third-order valence-electron chi connectivity index (χ3n) is 0.335. The first-order valence-corrected chi connectivity index (χ1v) is 12.4. The summed E-state index contributed by atoms with van der Waals surface area (Å²) in [5, 5.41) is 0. The van der Waals surface area contributed by atoms with Crippen molar-refractivity contribution in [1.29, 1.82) is 0 Å². The molecule has 0 rings (SSSR count). The van der Waals surface area contributed by atoms with Crippen molar-refractivity contribution in [2.75, 3.05) is 0 Å². The van der Waals surface area contributed by atoms with Gasteiger partial charge in [-0.1, -0.05) is 0 Å². The van der Waals surface area contributed by atoms with Crippen LogP contribution in [0.5, 0.6) is 0 Å². The summed E-state index contributed by atoms with van der Waals surface area (Å²) in [6, 6.07) is 0. The Morgan fingerprint density at radius 3 is 2.33 bits per heavy atom. The summed E-state index contributed by atoms with van der Waals surface area (Å²) in [6.45, 7) is 0.443.